The Morgan fingerprint density at radius 2 is 2.17 bits per heavy atom. The second kappa shape index (κ2) is 6.91. The number of carbonyl (C=O) groups excluding carboxylic acids is 1. The Hall–Kier alpha value is -2.89. The molecular formula is C17H18N4O2. The average Bonchev–Trinajstić information content (AvgIpc) is 3.24. The van der Waals surface area contributed by atoms with Crippen molar-refractivity contribution in [2.24, 2.45) is 0 Å². The second-order valence-electron chi connectivity index (χ2n) is 5.26. The van der Waals surface area contributed by atoms with Gasteiger partial charge in [-0.05, 0) is 18.9 Å². The van der Waals surface area contributed by atoms with Crippen LogP contribution in [0.3, 0.4) is 0 Å². The summed E-state index contributed by atoms with van der Waals surface area (Å²) in [5.74, 6) is 0.904. The van der Waals surface area contributed by atoms with Crippen LogP contribution in [0.4, 0.5) is 0 Å². The number of oxazole rings is 1. The van der Waals surface area contributed by atoms with Crippen molar-refractivity contribution in [2.75, 3.05) is 0 Å². The maximum Gasteiger partial charge on any atom is 0.289 e. The summed E-state index contributed by atoms with van der Waals surface area (Å²) in [6.45, 7) is 2.73. The predicted molar refractivity (Wildman–Crippen MR) is 84.7 cm³/mol. The van der Waals surface area contributed by atoms with Crippen LogP contribution in [0.5, 0.6) is 0 Å². The average molecular weight is 310 g/mol. The van der Waals surface area contributed by atoms with Crippen molar-refractivity contribution < 1.29 is 9.21 Å². The van der Waals surface area contributed by atoms with Crippen LogP contribution in [0.15, 0.2) is 59.7 Å². The molecule has 0 unspecified atom stereocenters. The first-order valence-electron chi connectivity index (χ1n) is 7.46. The first-order chi connectivity index (χ1) is 11.2. The number of carbonyl (C=O) groups is 1. The first kappa shape index (κ1) is 15.0. The fourth-order valence-corrected chi connectivity index (χ4v) is 2.47. The number of amides is 1. The third kappa shape index (κ3) is 3.66. The highest BCUT2D eigenvalue weighted by Crippen LogP contribution is 2.18. The monoisotopic (exact) mass is 310 g/mol. The zero-order valence-corrected chi connectivity index (χ0v) is 12.8. The fourth-order valence-electron chi connectivity index (χ4n) is 2.47. The summed E-state index contributed by atoms with van der Waals surface area (Å²) in [7, 11) is 0. The van der Waals surface area contributed by atoms with E-state index in [1.807, 2.05) is 43.5 Å². The van der Waals surface area contributed by atoms with Crippen molar-refractivity contribution in [3.8, 4) is 0 Å². The molecule has 2 heterocycles. The zero-order valence-electron chi connectivity index (χ0n) is 12.8. The smallest absolute Gasteiger partial charge is 0.289 e. The van der Waals surface area contributed by atoms with Gasteiger partial charge in [0.1, 0.15) is 5.82 Å². The Morgan fingerprint density at radius 3 is 2.83 bits per heavy atom. The molecule has 0 saturated heterocycles. The van der Waals surface area contributed by atoms with Crippen LogP contribution in [0.25, 0.3) is 0 Å². The van der Waals surface area contributed by atoms with Crippen molar-refractivity contribution in [3.63, 3.8) is 0 Å². The number of benzene rings is 1. The molecule has 6 nitrogen and oxygen atoms in total. The van der Waals surface area contributed by atoms with Gasteiger partial charge < -0.3 is 14.3 Å². The first-order valence-corrected chi connectivity index (χ1v) is 7.46. The highest BCUT2D eigenvalue weighted by molar-refractivity contribution is 5.91. The molecule has 0 spiro atoms. The van der Waals surface area contributed by atoms with E-state index in [1.54, 1.807) is 6.20 Å². The third-order valence-electron chi connectivity index (χ3n) is 3.75. The molecule has 0 aliphatic rings. The predicted octanol–water partition coefficient (Wildman–Crippen LogP) is 2.74. The van der Waals surface area contributed by atoms with Gasteiger partial charge in [0.15, 0.2) is 6.39 Å². The van der Waals surface area contributed by atoms with E-state index in [-0.39, 0.29) is 17.7 Å². The number of imidazole rings is 1. The van der Waals surface area contributed by atoms with Gasteiger partial charge in [0.25, 0.3) is 5.91 Å². The molecule has 6 heteroatoms. The molecule has 1 N–H and O–H groups in total. The van der Waals surface area contributed by atoms with Crippen molar-refractivity contribution >= 4 is 5.91 Å². The van der Waals surface area contributed by atoms with E-state index >= 15 is 0 Å². The van der Waals surface area contributed by atoms with Gasteiger partial charge in [-0.2, -0.15) is 0 Å². The minimum Gasteiger partial charge on any atom is -0.438 e. The summed E-state index contributed by atoms with van der Waals surface area (Å²) < 4.78 is 7.13. The standard InChI is InChI=1S/C17H18N4O2/c1-13-19-8-10-21(13)9-7-15(14-5-3-2-4-6-14)20-17(22)16-11-18-12-23-16/h2-6,8,10-12,15H,7,9H2,1H3,(H,20,22)/t15-/m0/s1. The second-order valence-corrected chi connectivity index (χ2v) is 5.26. The lowest BCUT2D eigenvalue weighted by atomic mass is 10.0. The lowest BCUT2D eigenvalue weighted by Gasteiger charge is -2.19. The van der Waals surface area contributed by atoms with E-state index in [0.29, 0.717) is 0 Å². The van der Waals surface area contributed by atoms with E-state index in [1.165, 1.54) is 12.6 Å². The van der Waals surface area contributed by atoms with Crippen LogP contribution in [0, 0.1) is 6.92 Å². The Labute approximate surface area is 134 Å². The Bertz CT molecular complexity index is 750. The normalized spacial score (nSPS) is 12.0. The number of hydrogen-bond donors (Lipinski definition) is 1. The number of rotatable bonds is 6. The Kier molecular flexibility index (Phi) is 4.52. The molecule has 1 aromatic carbocycles. The van der Waals surface area contributed by atoms with E-state index < -0.39 is 0 Å². The van der Waals surface area contributed by atoms with Gasteiger partial charge in [-0.1, -0.05) is 30.3 Å². The van der Waals surface area contributed by atoms with Crippen LogP contribution < -0.4 is 5.32 Å². The van der Waals surface area contributed by atoms with E-state index in [9.17, 15) is 4.79 Å². The van der Waals surface area contributed by atoms with E-state index in [4.69, 9.17) is 4.42 Å². The lowest BCUT2D eigenvalue weighted by Crippen LogP contribution is -2.29. The van der Waals surface area contributed by atoms with Crippen molar-refractivity contribution in [1.82, 2.24) is 19.9 Å². The SMILES string of the molecule is Cc1nccn1CC[C@H](NC(=O)c1cnco1)c1ccccc1. The zero-order chi connectivity index (χ0) is 16.1. The summed E-state index contributed by atoms with van der Waals surface area (Å²) in [6.07, 6.45) is 7.13. The van der Waals surface area contributed by atoms with Crippen molar-refractivity contribution in [3.05, 3.63) is 72.5 Å². The van der Waals surface area contributed by atoms with Crippen molar-refractivity contribution in [1.29, 1.82) is 0 Å². The van der Waals surface area contributed by atoms with Crippen LogP contribution in [-0.2, 0) is 6.54 Å². The molecule has 1 amide bonds. The van der Waals surface area contributed by atoms with Gasteiger partial charge in [-0.3, -0.25) is 4.79 Å². The molecule has 1 atom stereocenters. The number of hydrogen-bond acceptors (Lipinski definition) is 4. The number of nitrogens with one attached hydrogen (secondary N) is 1. The number of aromatic nitrogens is 3. The molecule has 3 aromatic rings. The molecule has 0 fully saturated rings. The van der Waals surface area contributed by atoms with Crippen LogP contribution in [0.1, 0.15) is 34.4 Å². The third-order valence-corrected chi connectivity index (χ3v) is 3.75. The highest BCUT2D eigenvalue weighted by Gasteiger charge is 2.18. The molecular weight excluding hydrogens is 292 g/mol. The van der Waals surface area contributed by atoms with Crippen LogP contribution in [0.2, 0.25) is 0 Å². The summed E-state index contributed by atoms with van der Waals surface area (Å²) in [4.78, 5) is 20.3. The Balaban J connectivity index is 1.74. The summed E-state index contributed by atoms with van der Waals surface area (Å²) >= 11 is 0. The van der Waals surface area contributed by atoms with E-state index in [2.05, 4.69) is 19.9 Å². The van der Waals surface area contributed by atoms with Gasteiger partial charge in [-0.25, -0.2) is 9.97 Å². The molecule has 23 heavy (non-hydrogen) atoms. The Morgan fingerprint density at radius 1 is 1.35 bits per heavy atom. The fraction of sp³-hybridized carbons (Fsp3) is 0.235. The van der Waals surface area contributed by atoms with Gasteiger partial charge in [-0.15, -0.1) is 0 Å². The van der Waals surface area contributed by atoms with Gasteiger partial charge in [0, 0.05) is 18.9 Å². The van der Waals surface area contributed by atoms with Gasteiger partial charge in [0.2, 0.25) is 5.76 Å². The lowest BCUT2D eigenvalue weighted by molar-refractivity contribution is 0.0905. The maximum atomic E-state index is 12.3. The minimum atomic E-state index is -0.265. The summed E-state index contributed by atoms with van der Waals surface area (Å²) in [5, 5.41) is 3.01. The highest BCUT2D eigenvalue weighted by atomic mass is 16.3. The van der Waals surface area contributed by atoms with Crippen LogP contribution >= 0.6 is 0 Å². The molecule has 0 radical (unpaired) electrons. The molecule has 0 aliphatic carbocycles. The minimum absolute atomic E-state index is 0.115. The summed E-state index contributed by atoms with van der Waals surface area (Å²) in [6, 6.07) is 9.78. The molecule has 3 rings (SSSR count). The maximum absolute atomic E-state index is 12.3. The van der Waals surface area contributed by atoms with Gasteiger partial charge in [0.05, 0.1) is 12.2 Å². The summed E-state index contributed by atoms with van der Waals surface area (Å²) in [5.41, 5.74) is 1.05. The van der Waals surface area contributed by atoms with Crippen molar-refractivity contribution in [2.45, 2.75) is 25.9 Å². The quantitative estimate of drug-likeness (QED) is 0.760. The number of nitrogens with zero attached hydrogens (tertiary/aromatic N) is 3. The van der Waals surface area contributed by atoms with Crippen LogP contribution in [-0.4, -0.2) is 20.4 Å². The molecule has 0 saturated carbocycles. The van der Waals surface area contributed by atoms with Gasteiger partial charge >= 0.3 is 0 Å². The largest absolute Gasteiger partial charge is 0.438 e. The molecule has 0 aliphatic heterocycles. The molecule has 0 bridgehead atoms. The van der Waals surface area contributed by atoms with E-state index in [0.717, 1.165) is 24.4 Å². The molecule has 2 aromatic heterocycles. The topological polar surface area (TPSA) is 73.0 Å². The number of aryl methyl sites for hydroxylation is 2. The molecule has 118 valence electrons.